The van der Waals surface area contributed by atoms with Crippen LogP contribution in [0, 0.1) is 11.8 Å². The van der Waals surface area contributed by atoms with E-state index in [9.17, 15) is 5.11 Å². The van der Waals surface area contributed by atoms with Crippen LogP contribution in [0.2, 0.25) is 36.3 Å². The van der Waals surface area contributed by atoms with Gasteiger partial charge in [0.1, 0.15) is 17.6 Å². The maximum Gasteiger partial charge on any atom is 0.250 e. The van der Waals surface area contributed by atoms with Gasteiger partial charge in [-0.1, -0.05) is 73.6 Å². The van der Waals surface area contributed by atoms with Crippen LogP contribution in [0.3, 0.4) is 0 Å². The first-order valence-corrected chi connectivity index (χ1v) is 18.0. The highest BCUT2D eigenvalue weighted by molar-refractivity contribution is 6.75. The Bertz CT molecular complexity index is 744. The highest BCUT2D eigenvalue weighted by Gasteiger charge is 2.40. The van der Waals surface area contributed by atoms with Gasteiger partial charge in [-0.25, -0.2) is 0 Å². The quantitative estimate of drug-likeness (QED) is 0.221. The third kappa shape index (κ3) is 8.61. The highest BCUT2D eigenvalue weighted by atomic mass is 28.4. The fourth-order valence-corrected chi connectivity index (χ4v) is 4.68. The van der Waals surface area contributed by atoms with Crippen molar-refractivity contribution in [2.24, 2.45) is 0 Å². The standard InChI is InChI=1S/C27H48O3Si2/c1-12-13-14-15-16-17-18-25(28)22-19-23(29-31(8,9)26(2,3)4)21-24(20-22)30-32(10,11)27(5,6)7/h19-21,25,28H,12-16H2,1-11H3. The summed E-state index contributed by atoms with van der Waals surface area (Å²) >= 11 is 0. The number of hydrogen-bond acceptors (Lipinski definition) is 3. The molecule has 0 bridgehead atoms. The van der Waals surface area contributed by atoms with Gasteiger partial charge in [-0.2, -0.15) is 0 Å². The lowest BCUT2D eigenvalue weighted by molar-refractivity contribution is 0.237. The average molecular weight is 477 g/mol. The van der Waals surface area contributed by atoms with E-state index in [2.05, 4.69) is 86.5 Å². The summed E-state index contributed by atoms with van der Waals surface area (Å²) in [5.74, 6) is 7.74. The lowest BCUT2D eigenvalue weighted by Gasteiger charge is -2.38. The fourth-order valence-electron chi connectivity index (χ4n) is 2.66. The molecule has 0 fully saturated rings. The largest absolute Gasteiger partial charge is 0.543 e. The molecule has 1 aromatic carbocycles. The Morgan fingerprint density at radius 3 is 1.69 bits per heavy atom. The van der Waals surface area contributed by atoms with Crippen molar-refractivity contribution in [1.82, 2.24) is 0 Å². The third-order valence-electron chi connectivity index (χ3n) is 6.97. The maximum atomic E-state index is 10.8. The number of unbranched alkanes of at least 4 members (excludes halogenated alkanes) is 4. The Balaban J connectivity index is 3.24. The molecule has 0 radical (unpaired) electrons. The summed E-state index contributed by atoms with van der Waals surface area (Å²) in [6, 6.07) is 5.88. The monoisotopic (exact) mass is 476 g/mol. The van der Waals surface area contributed by atoms with Gasteiger partial charge < -0.3 is 14.0 Å². The van der Waals surface area contributed by atoms with Crippen LogP contribution in [0.5, 0.6) is 11.5 Å². The molecule has 5 heteroatoms. The molecule has 1 unspecified atom stereocenters. The molecule has 0 aliphatic carbocycles. The molecule has 0 saturated heterocycles. The average Bonchev–Trinajstić information content (AvgIpc) is 2.61. The van der Waals surface area contributed by atoms with Crippen LogP contribution in [0.15, 0.2) is 18.2 Å². The summed E-state index contributed by atoms with van der Waals surface area (Å²) in [4.78, 5) is 0. The molecule has 182 valence electrons. The molecule has 0 aliphatic rings. The zero-order valence-corrected chi connectivity index (χ0v) is 24.6. The second-order valence-corrected chi connectivity index (χ2v) is 21.4. The molecule has 0 aliphatic heterocycles. The first-order valence-electron chi connectivity index (χ1n) is 12.2. The number of aliphatic hydroxyl groups is 1. The van der Waals surface area contributed by atoms with Crippen molar-refractivity contribution >= 4 is 16.6 Å². The van der Waals surface area contributed by atoms with Crippen molar-refractivity contribution in [3.63, 3.8) is 0 Å². The van der Waals surface area contributed by atoms with E-state index in [0.717, 1.165) is 29.9 Å². The van der Waals surface area contributed by atoms with Crippen molar-refractivity contribution in [3.8, 4) is 23.3 Å². The van der Waals surface area contributed by atoms with Crippen LogP contribution in [0.1, 0.15) is 92.2 Å². The predicted octanol–water partition coefficient (Wildman–Crippen LogP) is 8.46. The Kier molecular flexibility index (Phi) is 10.1. The molecule has 1 aromatic rings. The summed E-state index contributed by atoms with van der Waals surface area (Å²) in [7, 11) is -4.06. The van der Waals surface area contributed by atoms with E-state index in [1.807, 2.05) is 18.2 Å². The molecular weight excluding hydrogens is 428 g/mol. The number of benzene rings is 1. The van der Waals surface area contributed by atoms with Crippen molar-refractivity contribution in [2.75, 3.05) is 0 Å². The van der Waals surface area contributed by atoms with Crippen LogP contribution in [0.4, 0.5) is 0 Å². The van der Waals surface area contributed by atoms with Crippen molar-refractivity contribution in [1.29, 1.82) is 0 Å². The fraction of sp³-hybridized carbons (Fsp3) is 0.704. The molecule has 1 atom stereocenters. The lowest BCUT2D eigenvalue weighted by atomic mass is 10.1. The van der Waals surface area contributed by atoms with Gasteiger partial charge in [0.05, 0.1) is 0 Å². The van der Waals surface area contributed by atoms with E-state index in [-0.39, 0.29) is 10.1 Å². The van der Waals surface area contributed by atoms with Gasteiger partial charge >= 0.3 is 0 Å². The second kappa shape index (κ2) is 11.3. The topological polar surface area (TPSA) is 38.7 Å². The molecule has 0 saturated carbocycles. The van der Waals surface area contributed by atoms with Crippen molar-refractivity contribution < 1.29 is 14.0 Å². The van der Waals surface area contributed by atoms with Gasteiger partial charge in [0.2, 0.25) is 16.6 Å². The first kappa shape index (κ1) is 28.8. The Morgan fingerprint density at radius 1 is 0.812 bits per heavy atom. The minimum Gasteiger partial charge on any atom is -0.543 e. The zero-order chi connectivity index (χ0) is 24.8. The van der Waals surface area contributed by atoms with Crippen LogP contribution in [-0.2, 0) is 0 Å². The summed E-state index contributed by atoms with van der Waals surface area (Å²) < 4.78 is 13.2. The Morgan fingerprint density at radius 2 is 1.28 bits per heavy atom. The lowest BCUT2D eigenvalue weighted by Crippen LogP contribution is -2.44. The van der Waals surface area contributed by atoms with Crippen LogP contribution in [0.25, 0.3) is 0 Å². The normalized spacial score (nSPS) is 13.9. The molecular formula is C27H48O3Si2. The van der Waals surface area contributed by atoms with Gasteiger partial charge in [-0.3, -0.25) is 0 Å². The van der Waals surface area contributed by atoms with Crippen LogP contribution in [-0.4, -0.2) is 21.7 Å². The van der Waals surface area contributed by atoms with Gasteiger partial charge in [0.15, 0.2) is 0 Å². The minimum atomic E-state index is -2.03. The predicted molar refractivity (Wildman–Crippen MR) is 144 cm³/mol. The summed E-state index contributed by atoms with van der Waals surface area (Å²) in [6.07, 6.45) is 4.72. The van der Waals surface area contributed by atoms with Crippen LogP contribution < -0.4 is 8.85 Å². The molecule has 0 amide bonds. The molecule has 3 nitrogen and oxygen atoms in total. The van der Waals surface area contributed by atoms with E-state index in [1.54, 1.807) is 0 Å². The van der Waals surface area contributed by atoms with Gasteiger partial charge in [-0.15, -0.1) is 5.92 Å². The van der Waals surface area contributed by atoms with Gasteiger partial charge in [-0.05, 0) is 60.4 Å². The first-order chi connectivity index (χ1) is 14.5. The van der Waals surface area contributed by atoms with E-state index < -0.39 is 22.7 Å². The van der Waals surface area contributed by atoms with E-state index in [4.69, 9.17) is 8.85 Å². The number of rotatable bonds is 9. The second-order valence-electron chi connectivity index (χ2n) is 12.0. The molecule has 1 N–H and O–H groups in total. The van der Waals surface area contributed by atoms with Crippen LogP contribution >= 0.6 is 0 Å². The summed E-state index contributed by atoms with van der Waals surface area (Å²) in [6.45, 7) is 24.5. The highest BCUT2D eigenvalue weighted by Crippen LogP contribution is 2.41. The van der Waals surface area contributed by atoms with Crippen molar-refractivity contribution in [2.45, 2.75) is 123 Å². The molecule has 0 heterocycles. The maximum absolute atomic E-state index is 10.8. The van der Waals surface area contributed by atoms with E-state index in [0.29, 0.717) is 0 Å². The van der Waals surface area contributed by atoms with Gasteiger partial charge in [0.25, 0.3) is 0 Å². The molecule has 0 spiro atoms. The number of aliphatic hydroxyl groups excluding tert-OH is 1. The van der Waals surface area contributed by atoms with Crippen molar-refractivity contribution in [3.05, 3.63) is 23.8 Å². The SMILES string of the molecule is CCCCCCC#CC(O)c1cc(O[Si](C)(C)C(C)(C)C)cc(O[Si](C)(C)C(C)(C)C)c1. The Hall–Kier alpha value is -1.23. The zero-order valence-electron chi connectivity index (χ0n) is 22.6. The van der Waals surface area contributed by atoms with Gasteiger partial charge in [0, 0.05) is 12.5 Å². The molecule has 32 heavy (non-hydrogen) atoms. The third-order valence-corrected chi connectivity index (χ3v) is 15.7. The van der Waals surface area contributed by atoms with E-state index in [1.165, 1.54) is 19.3 Å². The smallest absolute Gasteiger partial charge is 0.250 e. The van der Waals surface area contributed by atoms with E-state index >= 15 is 0 Å². The molecule has 1 rings (SSSR count). The summed E-state index contributed by atoms with van der Waals surface area (Å²) in [5.41, 5.74) is 0.746. The number of hydrogen-bond donors (Lipinski definition) is 1. The Labute approximate surface area is 200 Å². The minimum absolute atomic E-state index is 0.0837. The summed E-state index contributed by atoms with van der Waals surface area (Å²) in [5, 5.41) is 11.0. The molecule has 0 aromatic heterocycles.